The van der Waals surface area contributed by atoms with Crippen molar-refractivity contribution in [2.75, 3.05) is 26.7 Å². The third-order valence-corrected chi connectivity index (χ3v) is 5.09. The van der Waals surface area contributed by atoms with Crippen LogP contribution < -0.4 is 10.1 Å². The number of likely N-dealkylation sites (tertiary alicyclic amines) is 1. The van der Waals surface area contributed by atoms with E-state index < -0.39 is 0 Å². The van der Waals surface area contributed by atoms with Crippen LogP contribution in [-0.2, 0) is 6.42 Å². The summed E-state index contributed by atoms with van der Waals surface area (Å²) >= 11 is 3.42. The molecule has 0 aliphatic carbocycles. The van der Waals surface area contributed by atoms with Gasteiger partial charge in [0.2, 0.25) is 0 Å². The van der Waals surface area contributed by atoms with Gasteiger partial charge in [-0.05, 0) is 59.9 Å². The van der Waals surface area contributed by atoms with E-state index in [-0.39, 0.29) is 17.2 Å². The molecule has 1 aliphatic heterocycles. The summed E-state index contributed by atoms with van der Waals surface area (Å²) in [6, 6.07) is 2.16. The summed E-state index contributed by atoms with van der Waals surface area (Å²) in [6.45, 7) is 6.74. The number of ether oxygens (including phenoxy) is 1. The number of phenolic OH excluding ortho intramolecular Hbond substituents is 1. The molecule has 1 atom stereocenters. The molecular weight excluding hydrogens is 360 g/mol. The van der Waals surface area contributed by atoms with Crippen LogP contribution in [-0.4, -0.2) is 48.7 Å². The summed E-state index contributed by atoms with van der Waals surface area (Å²) in [4.78, 5) is 15.0. The number of nitrogens with zero attached hydrogens (tertiary/aromatic N) is 1. The molecule has 1 aliphatic rings. The third kappa shape index (κ3) is 3.80. The number of halogens is 1. The molecule has 1 aromatic rings. The molecule has 1 amide bonds. The number of hydrogen-bond acceptors (Lipinski definition) is 4. The van der Waals surface area contributed by atoms with E-state index in [0.717, 1.165) is 25.1 Å². The maximum atomic E-state index is 12.6. The van der Waals surface area contributed by atoms with Gasteiger partial charge in [-0.2, -0.15) is 0 Å². The fourth-order valence-electron chi connectivity index (χ4n) is 3.20. The highest BCUT2D eigenvalue weighted by molar-refractivity contribution is 9.10. The number of amides is 1. The van der Waals surface area contributed by atoms with Crippen molar-refractivity contribution in [1.29, 1.82) is 0 Å². The molecule has 2 rings (SSSR count). The molecule has 1 aromatic carbocycles. The number of rotatable bonds is 6. The lowest BCUT2D eigenvalue weighted by atomic mass is 10.0. The number of benzene rings is 1. The second-order valence-electron chi connectivity index (χ2n) is 5.76. The summed E-state index contributed by atoms with van der Waals surface area (Å²) in [7, 11) is 1.50. The van der Waals surface area contributed by atoms with E-state index in [0.29, 0.717) is 29.2 Å². The van der Waals surface area contributed by atoms with Crippen molar-refractivity contribution in [3.05, 3.63) is 21.7 Å². The fraction of sp³-hybridized carbons (Fsp3) is 0.588. The van der Waals surface area contributed by atoms with Gasteiger partial charge in [-0.15, -0.1) is 0 Å². The normalized spacial score (nSPS) is 18.2. The molecule has 0 bridgehead atoms. The number of carbonyl (C=O) groups is 1. The second kappa shape index (κ2) is 8.02. The number of hydrogen-bond donors (Lipinski definition) is 2. The van der Waals surface area contributed by atoms with E-state index in [1.165, 1.54) is 13.5 Å². The summed E-state index contributed by atoms with van der Waals surface area (Å²) in [5.74, 6) is 0.0816. The number of phenols is 1. The molecular formula is C17H25BrN2O3. The molecule has 0 radical (unpaired) electrons. The van der Waals surface area contributed by atoms with Crippen LogP contribution >= 0.6 is 15.9 Å². The maximum Gasteiger partial charge on any atom is 0.258 e. The Hall–Kier alpha value is -1.27. The van der Waals surface area contributed by atoms with Crippen molar-refractivity contribution < 1.29 is 14.6 Å². The van der Waals surface area contributed by atoms with Crippen molar-refractivity contribution in [3.63, 3.8) is 0 Å². The summed E-state index contributed by atoms with van der Waals surface area (Å²) < 4.78 is 5.99. The Labute approximate surface area is 146 Å². The molecule has 128 valence electrons. The van der Waals surface area contributed by atoms with Crippen molar-refractivity contribution >= 4 is 21.8 Å². The molecule has 0 aromatic heterocycles. The monoisotopic (exact) mass is 384 g/mol. The highest BCUT2D eigenvalue weighted by Gasteiger charge is 2.26. The molecule has 5 nitrogen and oxygen atoms in total. The lowest BCUT2D eigenvalue weighted by Crippen LogP contribution is -2.40. The number of carbonyl (C=O) groups excluding carboxylic acids is 1. The lowest BCUT2D eigenvalue weighted by Gasteiger charge is -2.23. The van der Waals surface area contributed by atoms with E-state index in [9.17, 15) is 9.90 Å². The minimum atomic E-state index is -0.293. The van der Waals surface area contributed by atoms with Crippen LogP contribution in [0.25, 0.3) is 0 Å². The van der Waals surface area contributed by atoms with Crippen LogP contribution in [0.2, 0.25) is 0 Å². The number of aromatic hydroxyl groups is 1. The van der Waals surface area contributed by atoms with Gasteiger partial charge >= 0.3 is 0 Å². The largest absolute Gasteiger partial charge is 0.507 e. The van der Waals surface area contributed by atoms with Gasteiger partial charge in [-0.25, -0.2) is 0 Å². The third-order valence-electron chi connectivity index (χ3n) is 4.50. The molecule has 23 heavy (non-hydrogen) atoms. The average Bonchev–Trinajstić information content (AvgIpc) is 3.01. The highest BCUT2D eigenvalue weighted by atomic mass is 79.9. The van der Waals surface area contributed by atoms with Gasteiger partial charge in [0.15, 0.2) is 0 Å². The van der Waals surface area contributed by atoms with E-state index in [1.807, 2.05) is 6.92 Å². The van der Waals surface area contributed by atoms with Crippen LogP contribution in [0.3, 0.4) is 0 Å². The molecule has 0 saturated carbocycles. The molecule has 6 heteroatoms. The molecule has 0 spiro atoms. The van der Waals surface area contributed by atoms with Gasteiger partial charge in [0.25, 0.3) is 5.91 Å². The topological polar surface area (TPSA) is 61.8 Å². The quantitative estimate of drug-likeness (QED) is 0.791. The number of nitrogens with one attached hydrogen (secondary N) is 1. The Bertz CT molecular complexity index is 577. The Balaban J connectivity index is 2.19. The van der Waals surface area contributed by atoms with Crippen LogP contribution in [0.1, 0.15) is 42.6 Å². The smallest absolute Gasteiger partial charge is 0.258 e. The van der Waals surface area contributed by atoms with Crippen molar-refractivity contribution in [2.45, 2.75) is 39.2 Å². The predicted octanol–water partition coefficient (Wildman–Crippen LogP) is 2.94. The van der Waals surface area contributed by atoms with E-state index in [1.54, 1.807) is 6.07 Å². The van der Waals surface area contributed by atoms with E-state index >= 15 is 0 Å². The van der Waals surface area contributed by atoms with Crippen LogP contribution in [0, 0.1) is 0 Å². The molecule has 0 unspecified atom stereocenters. The minimum Gasteiger partial charge on any atom is -0.507 e. The predicted molar refractivity (Wildman–Crippen MR) is 94.3 cm³/mol. The van der Waals surface area contributed by atoms with Gasteiger partial charge in [-0.1, -0.05) is 13.8 Å². The van der Waals surface area contributed by atoms with Crippen molar-refractivity contribution in [1.82, 2.24) is 10.2 Å². The van der Waals surface area contributed by atoms with E-state index in [4.69, 9.17) is 4.74 Å². The van der Waals surface area contributed by atoms with E-state index in [2.05, 4.69) is 33.1 Å². The molecule has 1 heterocycles. The van der Waals surface area contributed by atoms with Gasteiger partial charge in [0.1, 0.15) is 17.1 Å². The van der Waals surface area contributed by atoms with Gasteiger partial charge in [0.05, 0.1) is 11.6 Å². The number of likely N-dealkylation sites (N-methyl/N-ethyl adjacent to an activating group) is 1. The van der Waals surface area contributed by atoms with Crippen LogP contribution in [0.5, 0.6) is 11.5 Å². The number of aryl methyl sites for hydroxylation is 1. The second-order valence-corrected chi connectivity index (χ2v) is 6.62. The first-order chi connectivity index (χ1) is 11.0. The standard InChI is InChI=1S/C17H25BrN2O3/c1-4-11-9-13(18)16(23-3)14(15(11)21)17(22)19-10-12-7-6-8-20(12)5-2/h9,12,21H,4-8,10H2,1-3H3,(H,19,22)/t12-/m1/s1. The lowest BCUT2D eigenvalue weighted by molar-refractivity contribution is 0.0935. The highest BCUT2D eigenvalue weighted by Crippen LogP contribution is 2.38. The Morgan fingerprint density at radius 2 is 2.26 bits per heavy atom. The summed E-state index contributed by atoms with van der Waals surface area (Å²) in [6.07, 6.45) is 2.90. The Morgan fingerprint density at radius 1 is 1.52 bits per heavy atom. The fourth-order valence-corrected chi connectivity index (χ4v) is 3.83. The zero-order valence-electron chi connectivity index (χ0n) is 14.0. The number of methoxy groups -OCH3 is 1. The van der Waals surface area contributed by atoms with Gasteiger partial charge in [-0.3, -0.25) is 9.69 Å². The minimum absolute atomic E-state index is 0.00354. The Morgan fingerprint density at radius 3 is 2.87 bits per heavy atom. The van der Waals surface area contributed by atoms with Gasteiger partial charge < -0.3 is 15.2 Å². The zero-order valence-corrected chi connectivity index (χ0v) is 15.6. The molecule has 2 N–H and O–H groups in total. The SMILES string of the molecule is CCc1cc(Br)c(OC)c(C(=O)NC[C@H]2CCCN2CC)c1O. The summed E-state index contributed by atoms with van der Waals surface area (Å²) in [5, 5.41) is 13.4. The average molecular weight is 385 g/mol. The first-order valence-corrected chi connectivity index (χ1v) is 8.93. The Kier molecular flexibility index (Phi) is 6.30. The van der Waals surface area contributed by atoms with Crippen molar-refractivity contribution in [2.24, 2.45) is 0 Å². The first-order valence-electron chi connectivity index (χ1n) is 8.13. The van der Waals surface area contributed by atoms with Crippen molar-refractivity contribution in [3.8, 4) is 11.5 Å². The first kappa shape index (κ1) is 18.1. The summed E-state index contributed by atoms with van der Waals surface area (Å²) in [5.41, 5.74) is 0.929. The maximum absolute atomic E-state index is 12.6. The molecule has 1 fully saturated rings. The van der Waals surface area contributed by atoms with Crippen LogP contribution in [0.15, 0.2) is 10.5 Å². The molecule has 1 saturated heterocycles. The van der Waals surface area contributed by atoms with Gasteiger partial charge in [0, 0.05) is 12.6 Å². The van der Waals surface area contributed by atoms with Crippen LogP contribution in [0.4, 0.5) is 0 Å². The zero-order chi connectivity index (χ0) is 17.0.